The van der Waals surface area contributed by atoms with Gasteiger partial charge in [0, 0.05) is 6.20 Å². The lowest BCUT2D eigenvalue weighted by Gasteiger charge is -2.13. The van der Waals surface area contributed by atoms with Crippen LogP contribution in [0, 0.1) is 11.6 Å². The van der Waals surface area contributed by atoms with Crippen LogP contribution in [0.15, 0.2) is 36.5 Å². The summed E-state index contributed by atoms with van der Waals surface area (Å²) in [5.74, 6) is -1.59. The minimum absolute atomic E-state index is 0.214. The molecule has 0 bridgehead atoms. The van der Waals surface area contributed by atoms with Gasteiger partial charge in [0.05, 0.1) is 7.11 Å². The van der Waals surface area contributed by atoms with Crippen molar-refractivity contribution in [3.8, 4) is 5.75 Å². The summed E-state index contributed by atoms with van der Waals surface area (Å²) in [4.78, 5) is 3.99. The maximum absolute atomic E-state index is 13.1. The van der Waals surface area contributed by atoms with Gasteiger partial charge in [0.1, 0.15) is 17.5 Å². The fourth-order valence-corrected chi connectivity index (χ4v) is 1.62. The maximum Gasteiger partial charge on any atom is 0.159 e. The zero-order valence-electron chi connectivity index (χ0n) is 9.60. The number of nitrogens with zero attached hydrogens (tertiary/aromatic N) is 1. The number of rotatable bonds is 3. The molecule has 94 valence electrons. The normalized spacial score (nSPS) is 12.2. The number of halogens is 2. The number of aliphatic hydroxyl groups is 1. The highest BCUT2D eigenvalue weighted by atomic mass is 19.2. The summed E-state index contributed by atoms with van der Waals surface area (Å²) in [5, 5.41) is 10.1. The van der Waals surface area contributed by atoms with Crippen molar-refractivity contribution in [2.45, 2.75) is 6.10 Å². The molecule has 18 heavy (non-hydrogen) atoms. The standard InChI is InChI=1S/C13H11F2NO2/c1-18-11-3-2-6-16-12(11)13(17)8-4-5-9(14)10(15)7-8/h2-7,13,17H,1H3. The van der Waals surface area contributed by atoms with E-state index in [0.717, 1.165) is 12.1 Å². The molecule has 1 aromatic carbocycles. The van der Waals surface area contributed by atoms with E-state index in [1.54, 1.807) is 12.1 Å². The van der Waals surface area contributed by atoms with E-state index in [1.807, 2.05) is 0 Å². The van der Waals surface area contributed by atoms with E-state index in [1.165, 1.54) is 19.4 Å². The number of methoxy groups -OCH3 is 1. The minimum Gasteiger partial charge on any atom is -0.495 e. The SMILES string of the molecule is COc1cccnc1C(O)c1ccc(F)c(F)c1. The Kier molecular flexibility index (Phi) is 3.53. The number of benzene rings is 1. The van der Waals surface area contributed by atoms with Gasteiger partial charge >= 0.3 is 0 Å². The highest BCUT2D eigenvalue weighted by molar-refractivity contribution is 5.35. The maximum atomic E-state index is 13.1. The summed E-state index contributed by atoms with van der Waals surface area (Å²) in [6.07, 6.45) is 0.317. The van der Waals surface area contributed by atoms with Crippen molar-refractivity contribution in [2.24, 2.45) is 0 Å². The van der Waals surface area contributed by atoms with E-state index in [0.29, 0.717) is 5.75 Å². The van der Waals surface area contributed by atoms with Crippen LogP contribution in [0.4, 0.5) is 8.78 Å². The van der Waals surface area contributed by atoms with E-state index in [-0.39, 0.29) is 11.3 Å². The summed E-state index contributed by atoms with van der Waals surface area (Å²) >= 11 is 0. The second-order valence-electron chi connectivity index (χ2n) is 3.67. The molecule has 1 heterocycles. The Bertz CT molecular complexity index is 560. The third-order valence-electron chi connectivity index (χ3n) is 2.54. The fourth-order valence-electron chi connectivity index (χ4n) is 1.62. The predicted octanol–water partition coefficient (Wildman–Crippen LogP) is 2.45. The molecule has 3 nitrogen and oxygen atoms in total. The minimum atomic E-state index is -1.17. The molecule has 1 aromatic heterocycles. The summed E-state index contributed by atoms with van der Waals surface area (Å²) in [5.41, 5.74) is 0.469. The zero-order chi connectivity index (χ0) is 13.1. The number of aromatic nitrogens is 1. The summed E-state index contributed by atoms with van der Waals surface area (Å²) in [6.45, 7) is 0. The molecule has 0 radical (unpaired) electrons. The first kappa shape index (κ1) is 12.4. The molecule has 1 N–H and O–H groups in total. The molecular weight excluding hydrogens is 240 g/mol. The Morgan fingerprint density at radius 2 is 2.00 bits per heavy atom. The van der Waals surface area contributed by atoms with E-state index in [9.17, 15) is 13.9 Å². The number of hydrogen-bond donors (Lipinski definition) is 1. The molecule has 0 amide bonds. The molecule has 0 fully saturated rings. The Morgan fingerprint density at radius 1 is 1.22 bits per heavy atom. The largest absolute Gasteiger partial charge is 0.495 e. The van der Waals surface area contributed by atoms with Gasteiger partial charge in [-0.25, -0.2) is 8.78 Å². The summed E-state index contributed by atoms with van der Waals surface area (Å²) in [7, 11) is 1.44. The predicted molar refractivity (Wildman–Crippen MR) is 61.2 cm³/mol. The first-order valence-electron chi connectivity index (χ1n) is 5.25. The first-order valence-corrected chi connectivity index (χ1v) is 5.25. The third-order valence-corrected chi connectivity index (χ3v) is 2.54. The molecule has 0 saturated carbocycles. The fraction of sp³-hybridized carbons (Fsp3) is 0.154. The lowest BCUT2D eigenvalue weighted by atomic mass is 10.1. The van der Waals surface area contributed by atoms with Crippen molar-refractivity contribution >= 4 is 0 Å². The van der Waals surface area contributed by atoms with Crippen LogP contribution in [0.3, 0.4) is 0 Å². The molecule has 1 unspecified atom stereocenters. The van der Waals surface area contributed by atoms with Crippen LogP contribution in [-0.2, 0) is 0 Å². The number of pyridine rings is 1. The van der Waals surface area contributed by atoms with E-state index >= 15 is 0 Å². The van der Waals surface area contributed by atoms with Gasteiger partial charge in [0.25, 0.3) is 0 Å². The number of hydrogen-bond acceptors (Lipinski definition) is 3. The molecular formula is C13H11F2NO2. The van der Waals surface area contributed by atoms with Crippen molar-refractivity contribution in [3.63, 3.8) is 0 Å². The van der Waals surface area contributed by atoms with Crippen LogP contribution < -0.4 is 4.74 Å². The number of ether oxygens (including phenoxy) is 1. The molecule has 0 saturated heterocycles. The average Bonchev–Trinajstić information content (AvgIpc) is 2.41. The average molecular weight is 251 g/mol. The summed E-state index contributed by atoms with van der Waals surface area (Å²) < 4.78 is 31.0. The molecule has 0 aliphatic rings. The molecule has 0 aliphatic carbocycles. The Morgan fingerprint density at radius 3 is 2.67 bits per heavy atom. The smallest absolute Gasteiger partial charge is 0.159 e. The Labute approximate surface area is 103 Å². The lowest BCUT2D eigenvalue weighted by molar-refractivity contribution is 0.208. The van der Waals surface area contributed by atoms with Gasteiger partial charge in [-0.1, -0.05) is 6.07 Å². The first-order chi connectivity index (χ1) is 8.63. The second-order valence-corrected chi connectivity index (χ2v) is 3.67. The van der Waals surface area contributed by atoms with Crippen LogP contribution in [-0.4, -0.2) is 17.2 Å². The molecule has 5 heteroatoms. The highest BCUT2D eigenvalue weighted by Crippen LogP contribution is 2.28. The topological polar surface area (TPSA) is 42.4 Å². The molecule has 2 rings (SSSR count). The summed E-state index contributed by atoms with van der Waals surface area (Å²) in [6, 6.07) is 6.49. The lowest BCUT2D eigenvalue weighted by Crippen LogP contribution is -2.05. The Balaban J connectivity index is 2.41. The zero-order valence-corrected chi connectivity index (χ0v) is 9.60. The van der Waals surface area contributed by atoms with Gasteiger partial charge in [-0.2, -0.15) is 0 Å². The monoisotopic (exact) mass is 251 g/mol. The van der Waals surface area contributed by atoms with Gasteiger partial charge in [-0.3, -0.25) is 4.98 Å². The van der Waals surface area contributed by atoms with Crippen molar-refractivity contribution in [1.82, 2.24) is 4.98 Å². The van der Waals surface area contributed by atoms with Gasteiger partial charge in [-0.15, -0.1) is 0 Å². The van der Waals surface area contributed by atoms with E-state index in [4.69, 9.17) is 4.74 Å². The van der Waals surface area contributed by atoms with Gasteiger partial charge < -0.3 is 9.84 Å². The van der Waals surface area contributed by atoms with E-state index in [2.05, 4.69) is 4.98 Å². The Hall–Kier alpha value is -2.01. The molecule has 0 aliphatic heterocycles. The van der Waals surface area contributed by atoms with Crippen molar-refractivity contribution in [3.05, 3.63) is 59.4 Å². The quantitative estimate of drug-likeness (QED) is 0.911. The van der Waals surface area contributed by atoms with Gasteiger partial charge in [-0.05, 0) is 29.8 Å². The van der Waals surface area contributed by atoms with Crippen LogP contribution in [0.5, 0.6) is 5.75 Å². The molecule has 0 spiro atoms. The van der Waals surface area contributed by atoms with Gasteiger partial charge in [0.2, 0.25) is 0 Å². The second kappa shape index (κ2) is 5.10. The van der Waals surface area contributed by atoms with Crippen LogP contribution in [0.2, 0.25) is 0 Å². The highest BCUT2D eigenvalue weighted by Gasteiger charge is 2.18. The molecule has 1 atom stereocenters. The van der Waals surface area contributed by atoms with E-state index < -0.39 is 17.7 Å². The third kappa shape index (κ3) is 2.31. The van der Waals surface area contributed by atoms with Crippen molar-refractivity contribution in [1.29, 1.82) is 0 Å². The van der Waals surface area contributed by atoms with Crippen LogP contribution in [0.25, 0.3) is 0 Å². The van der Waals surface area contributed by atoms with Crippen molar-refractivity contribution < 1.29 is 18.6 Å². The van der Waals surface area contributed by atoms with Crippen LogP contribution >= 0.6 is 0 Å². The van der Waals surface area contributed by atoms with Crippen LogP contribution in [0.1, 0.15) is 17.4 Å². The van der Waals surface area contributed by atoms with Crippen molar-refractivity contribution in [2.75, 3.05) is 7.11 Å². The molecule has 2 aromatic rings. The van der Waals surface area contributed by atoms with Gasteiger partial charge in [0.15, 0.2) is 11.6 Å². The number of aliphatic hydroxyl groups excluding tert-OH is 1.